The number of alkyl halides is 3. The van der Waals surface area contributed by atoms with Gasteiger partial charge in [0.1, 0.15) is 0 Å². The van der Waals surface area contributed by atoms with Gasteiger partial charge in [-0.2, -0.15) is 18.4 Å². The summed E-state index contributed by atoms with van der Waals surface area (Å²) in [5.41, 5.74) is -0.315. The number of rotatable bonds is 1. The number of nitriles is 1. The molecule has 0 aliphatic rings. The van der Waals surface area contributed by atoms with Crippen molar-refractivity contribution in [1.29, 1.82) is 5.26 Å². The van der Waals surface area contributed by atoms with Gasteiger partial charge in [-0.15, -0.1) is 0 Å². The monoisotopic (exact) mass is 389 g/mol. The summed E-state index contributed by atoms with van der Waals surface area (Å²) in [7, 11) is 0. The van der Waals surface area contributed by atoms with Crippen LogP contribution in [0.1, 0.15) is 11.1 Å². The van der Waals surface area contributed by atoms with Gasteiger partial charge in [0.05, 0.1) is 18.1 Å². The van der Waals surface area contributed by atoms with Crippen LogP contribution in [0.5, 0.6) is 0 Å². The van der Waals surface area contributed by atoms with E-state index in [0.29, 0.717) is 5.56 Å². The van der Waals surface area contributed by atoms with Crippen LogP contribution in [0.4, 0.5) is 13.2 Å². The number of benzene rings is 1. The molecule has 0 aliphatic carbocycles. The average Bonchev–Trinajstić information content (AvgIpc) is 2.08. The van der Waals surface area contributed by atoms with Gasteiger partial charge in [0, 0.05) is 8.04 Å². The molecule has 6 heteroatoms. The summed E-state index contributed by atoms with van der Waals surface area (Å²) in [5, 5.41) is 8.46. The van der Waals surface area contributed by atoms with E-state index in [1.165, 1.54) is 12.1 Å². The second-order valence-corrected chi connectivity index (χ2v) is 4.66. The number of hydrogen-bond acceptors (Lipinski definition) is 1. The molecule has 0 heterocycles. The minimum atomic E-state index is -4.40. The van der Waals surface area contributed by atoms with E-state index in [-0.39, 0.29) is 14.5 Å². The second-order valence-electron chi connectivity index (χ2n) is 2.73. The molecule has 0 unspecified atom stereocenters. The van der Waals surface area contributed by atoms with E-state index in [4.69, 9.17) is 5.26 Å². The zero-order valence-electron chi connectivity index (χ0n) is 7.20. The van der Waals surface area contributed by atoms with Gasteiger partial charge in [0.15, 0.2) is 0 Å². The highest BCUT2D eigenvalue weighted by Gasteiger charge is 2.36. The van der Waals surface area contributed by atoms with Crippen LogP contribution >= 0.6 is 38.5 Å². The molecule has 0 amide bonds. The van der Waals surface area contributed by atoms with Gasteiger partial charge in [0.25, 0.3) is 0 Å². The molecular formula is C9H4BrF3IN. The van der Waals surface area contributed by atoms with Gasteiger partial charge in [-0.05, 0) is 34.2 Å². The lowest BCUT2D eigenvalue weighted by Gasteiger charge is -2.13. The third kappa shape index (κ3) is 2.84. The van der Waals surface area contributed by atoms with E-state index in [2.05, 4.69) is 15.9 Å². The van der Waals surface area contributed by atoms with Crippen LogP contribution in [-0.2, 0) is 12.6 Å². The maximum absolute atomic E-state index is 12.6. The first-order valence-corrected chi connectivity index (χ1v) is 5.66. The molecule has 0 spiro atoms. The second kappa shape index (κ2) is 4.70. The van der Waals surface area contributed by atoms with E-state index in [0.717, 1.165) is 0 Å². The van der Waals surface area contributed by atoms with Gasteiger partial charge in [-0.3, -0.25) is 0 Å². The fourth-order valence-corrected chi connectivity index (χ4v) is 2.97. The lowest BCUT2D eigenvalue weighted by atomic mass is 10.1. The van der Waals surface area contributed by atoms with Gasteiger partial charge in [-0.25, -0.2) is 0 Å². The zero-order chi connectivity index (χ0) is 11.6. The minimum absolute atomic E-state index is 0.00101. The van der Waals surface area contributed by atoms with Gasteiger partial charge in [0.2, 0.25) is 0 Å². The predicted octanol–water partition coefficient (Wildman–Crippen LogP) is 4.14. The van der Waals surface area contributed by atoms with Crippen LogP contribution in [0.15, 0.2) is 16.6 Å². The van der Waals surface area contributed by atoms with Crippen molar-refractivity contribution in [3.05, 3.63) is 31.3 Å². The highest BCUT2D eigenvalue weighted by atomic mass is 127. The fraction of sp³-hybridized carbons (Fsp3) is 0.222. The Bertz CT molecular complexity index is 423. The molecule has 80 valence electrons. The van der Waals surface area contributed by atoms with Crippen molar-refractivity contribution < 1.29 is 13.2 Å². The van der Waals surface area contributed by atoms with Crippen LogP contribution in [-0.4, -0.2) is 0 Å². The summed E-state index contributed by atoms with van der Waals surface area (Å²) in [4.78, 5) is 0. The summed E-state index contributed by atoms with van der Waals surface area (Å²) in [6.45, 7) is 0. The van der Waals surface area contributed by atoms with E-state index in [1.807, 2.05) is 6.07 Å². The van der Waals surface area contributed by atoms with Crippen LogP contribution in [0.2, 0.25) is 0 Å². The van der Waals surface area contributed by atoms with Crippen molar-refractivity contribution in [2.45, 2.75) is 12.6 Å². The molecule has 0 aliphatic heterocycles. The Morgan fingerprint density at radius 2 is 2.00 bits per heavy atom. The topological polar surface area (TPSA) is 23.8 Å². The molecule has 15 heavy (non-hydrogen) atoms. The van der Waals surface area contributed by atoms with Crippen molar-refractivity contribution in [2.75, 3.05) is 0 Å². The smallest absolute Gasteiger partial charge is 0.198 e. The third-order valence-electron chi connectivity index (χ3n) is 1.72. The lowest BCUT2D eigenvalue weighted by molar-refractivity contribution is -0.138. The van der Waals surface area contributed by atoms with Crippen LogP contribution in [0.25, 0.3) is 0 Å². The summed E-state index contributed by atoms with van der Waals surface area (Å²) in [5.74, 6) is 0. The van der Waals surface area contributed by atoms with Crippen molar-refractivity contribution >= 4 is 38.5 Å². The van der Waals surface area contributed by atoms with Crippen molar-refractivity contribution in [1.82, 2.24) is 0 Å². The molecule has 0 saturated carbocycles. The predicted molar refractivity (Wildman–Crippen MR) is 61.2 cm³/mol. The fourth-order valence-electron chi connectivity index (χ4n) is 1.08. The Morgan fingerprint density at radius 3 is 2.47 bits per heavy atom. The van der Waals surface area contributed by atoms with E-state index < -0.39 is 11.7 Å². The lowest BCUT2D eigenvalue weighted by Crippen LogP contribution is -2.10. The summed E-state index contributed by atoms with van der Waals surface area (Å²) >= 11 is 4.47. The van der Waals surface area contributed by atoms with E-state index >= 15 is 0 Å². The first-order valence-electron chi connectivity index (χ1n) is 3.79. The van der Waals surface area contributed by atoms with Crippen molar-refractivity contribution in [3.8, 4) is 6.07 Å². The largest absolute Gasteiger partial charge is 0.418 e. The van der Waals surface area contributed by atoms with E-state index in [1.54, 1.807) is 22.6 Å². The SMILES string of the molecule is N#CCc1ccc(Br)c(C(F)(F)F)c1I. The van der Waals surface area contributed by atoms with Gasteiger partial charge < -0.3 is 0 Å². The van der Waals surface area contributed by atoms with Crippen LogP contribution < -0.4 is 0 Å². The molecule has 0 saturated heterocycles. The average molecular weight is 390 g/mol. The highest BCUT2D eigenvalue weighted by molar-refractivity contribution is 14.1. The maximum Gasteiger partial charge on any atom is 0.418 e. The minimum Gasteiger partial charge on any atom is -0.198 e. The maximum atomic E-state index is 12.6. The number of halogens is 5. The quantitative estimate of drug-likeness (QED) is 0.662. The third-order valence-corrected chi connectivity index (χ3v) is 3.62. The highest BCUT2D eigenvalue weighted by Crippen LogP contribution is 2.39. The summed E-state index contributed by atoms with van der Waals surface area (Å²) in [6, 6.07) is 4.67. The molecule has 1 nitrogen and oxygen atoms in total. The molecule has 0 fully saturated rings. The molecule has 0 N–H and O–H groups in total. The Kier molecular flexibility index (Phi) is 4.00. The van der Waals surface area contributed by atoms with Crippen molar-refractivity contribution in [2.24, 2.45) is 0 Å². The number of nitrogens with zero attached hydrogens (tertiary/aromatic N) is 1. The normalized spacial score (nSPS) is 11.2. The van der Waals surface area contributed by atoms with Gasteiger partial charge in [-0.1, -0.05) is 22.0 Å². The standard InChI is InChI=1S/C9H4BrF3IN/c10-6-2-1-5(3-4-15)8(14)7(6)9(11,12)13/h1-2H,3H2. The Hall–Kier alpha value is -0.290. The molecule has 1 aromatic rings. The molecule has 0 bridgehead atoms. The van der Waals surface area contributed by atoms with Crippen molar-refractivity contribution in [3.63, 3.8) is 0 Å². The zero-order valence-corrected chi connectivity index (χ0v) is 10.9. The van der Waals surface area contributed by atoms with Crippen LogP contribution in [0, 0.1) is 14.9 Å². The Balaban J connectivity index is 3.38. The first kappa shape index (κ1) is 12.8. The molecule has 0 atom stereocenters. The molecule has 0 aromatic heterocycles. The molecular weight excluding hydrogens is 386 g/mol. The molecule has 1 rings (SSSR count). The summed E-state index contributed by atoms with van der Waals surface area (Å²) in [6.07, 6.45) is -4.42. The Labute approximate surface area is 107 Å². The first-order chi connectivity index (χ1) is 6.88. The summed E-state index contributed by atoms with van der Waals surface area (Å²) < 4.78 is 37.9. The van der Waals surface area contributed by atoms with Gasteiger partial charge >= 0.3 is 6.18 Å². The van der Waals surface area contributed by atoms with Crippen LogP contribution in [0.3, 0.4) is 0 Å². The molecule has 1 aromatic carbocycles. The molecule has 0 radical (unpaired) electrons. The Morgan fingerprint density at radius 1 is 1.40 bits per heavy atom. The number of hydrogen-bond donors (Lipinski definition) is 0. The van der Waals surface area contributed by atoms with E-state index in [9.17, 15) is 13.2 Å².